The van der Waals surface area contributed by atoms with Gasteiger partial charge in [-0.3, -0.25) is 4.84 Å². The zero-order valence-corrected chi connectivity index (χ0v) is 35.0. The Labute approximate surface area is 331 Å². The number of carbonyl (C=O) groups excluding carboxylic acids is 3. The minimum atomic E-state index is -6.09. The molecule has 3 heterocycles. The van der Waals surface area contributed by atoms with E-state index in [0.717, 1.165) is 23.2 Å². The van der Waals surface area contributed by atoms with Crippen molar-refractivity contribution in [1.29, 1.82) is 0 Å². The van der Waals surface area contributed by atoms with Crippen LogP contribution in [0.1, 0.15) is 87.6 Å². The monoisotopic (exact) mass is 835 g/mol. The van der Waals surface area contributed by atoms with E-state index in [4.69, 9.17) is 42.7 Å². The first-order valence-electron chi connectivity index (χ1n) is 18.4. The van der Waals surface area contributed by atoms with Crippen molar-refractivity contribution in [1.82, 2.24) is 14.9 Å². The number of fused-ring (bicyclic) bond motifs is 1. The quantitative estimate of drug-likeness (QED) is 0.0620. The van der Waals surface area contributed by atoms with Crippen LogP contribution in [0.5, 0.6) is 5.75 Å². The topological polar surface area (TPSA) is 205 Å². The zero-order valence-electron chi connectivity index (χ0n) is 34.2. The van der Waals surface area contributed by atoms with Gasteiger partial charge in [-0.1, -0.05) is 6.07 Å². The number of carbonyl (C=O) groups is 3. The SMILES string of the molecule is CC(C)(C)OC(=O)NCCCn1cc(-c2ccc3c(c2)CC[C@H]([C@](C)(ON)C(=O)OC(C)(C)C)O3)c[n+]1CC1CN(C(=O)OC(C)(C)C)C1.O=S(=O)([O-])C(F)(F)F. The van der Waals surface area contributed by atoms with Gasteiger partial charge in [0.15, 0.2) is 16.7 Å². The van der Waals surface area contributed by atoms with Crippen LogP contribution in [-0.4, -0.2) is 94.4 Å². The Balaban J connectivity index is 0.000000980. The molecular formula is C37H56F3N5O11S. The molecule has 1 saturated heterocycles. The number of nitrogens with two attached hydrogens (primary N) is 1. The molecule has 322 valence electrons. The van der Waals surface area contributed by atoms with E-state index in [1.165, 1.54) is 0 Å². The standard InChI is InChI=1S/C36H55N5O8.CHF3O3S/c1-33(2,3)46-30(42)36(10,49-37)29-15-13-26-18-25(12-14-28(26)45-29)27-22-40(17-11-16-38-31(43)47-34(4,5)6)41(23-27)21-24-19-39(20-24)32(44)48-35(7,8)9;2-1(3,4)8(5,6)7/h12,14,18,22-24,29H,11,13,15-17,19-21,37H2,1-10H3;(H,5,6,7)/t29-,36+;/m1./s1. The minimum absolute atomic E-state index is 0.275. The van der Waals surface area contributed by atoms with Crippen molar-refractivity contribution in [3.05, 3.63) is 36.2 Å². The fraction of sp³-hybridized carbons (Fsp3) is 0.676. The van der Waals surface area contributed by atoms with Gasteiger partial charge >= 0.3 is 23.7 Å². The summed E-state index contributed by atoms with van der Waals surface area (Å²) in [5.41, 5.74) is -5.84. The molecule has 2 atom stereocenters. The molecule has 2 aliphatic heterocycles. The molecule has 2 aromatic rings. The number of esters is 1. The van der Waals surface area contributed by atoms with Crippen molar-refractivity contribution in [3.8, 4) is 16.9 Å². The van der Waals surface area contributed by atoms with Crippen LogP contribution in [0.4, 0.5) is 22.8 Å². The van der Waals surface area contributed by atoms with Gasteiger partial charge in [-0.2, -0.15) is 17.9 Å². The first kappa shape index (κ1) is 47.2. The smallest absolute Gasteiger partial charge is 0.485 e. The van der Waals surface area contributed by atoms with Gasteiger partial charge in [0.1, 0.15) is 28.7 Å². The Kier molecular flexibility index (Phi) is 14.7. The Morgan fingerprint density at radius 3 is 2.05 bits per heavy atom. The van der Waals surface area contributed by atoms with Crippen molar-refractivity contribution in [2.45, 2.75) is 136 Å². The number of benzene rings is 1. The van der Waals surface area contributed by atoms with E-state index >= 15 is 0 Å². The highest BCUT2D eigenvalue weighted by atomic mass is 32.2. The summed E-state index contributed by atoms with van der Waals surface area (Å²) in [6.07, 6.45) is 4.75. The maximum atomic E-state index is 13.0. The van der Waals surface area contributed by atoms with Crippen molar-refractivity contribution in [2.24, 2.45) is 11.8 Å². The highest BCUT2D eigenvalue weighted by Crippen LogP contribution is 2.36. The van der Waals surface area contributed by atoms with Gasteiger partial charge in [-0.25, -0.2) is 28.7 Å². The number of nitrogens with zero attached hydrogens (tertiary/aromatic N) is 3. The molecule has 0 aliphatic carbocycles. The van der Waals surface area contributed by atoms with Crippen LogP contribution in [-0.2, 0) is 53.5 Å². The van der Waals surface area contributed by atoms with E-state index in [1.807, 2.05) is 53.7 Å². The molecule has 4 rings (SSSR count). The van der Waals surface area contributed by atoms with Gasteiger partial charge in [0.25, 0.3) is 0 Å². The van der Waals surface area contributed by atoms with Gasteiger partial charge in [0.2, 0.25) is 11.8 Å². The van der Waals surface area contributed by atoms with Crippen LogP contribution in [0.25, 0.3) is 11.1 Å². The number of rotatable bonds is 10. The average molecular weight is 836 g/mol. The highest BCUT2D eigenvalue weighted by Gasteiger charge is 2.48. The van der Waals surface area contributed by atoms with Gasteiger partial charge in [0, 0.05) is 19.6 Å². The number of aromatic nitrogens is 2. The molecule has 2 amide bonds. The Bertz CT molecular complexity index is 1840. The third kappa shape index (κ3) is 14.0. The predicted molar refractivity (Wildman–Crippen MR) is 198 cm³/mol. The lowest BCUT2D eigenvalue weighted by Gasteiger charge is -2.38. The van der Waals surface area contributed by atoms with Crippen molar-refractivity contribution in [2.75, 3.05) is 19.6 Å². The number of halogens is 3. The highest BCUT2D eigenvalue weighted by molar-refractivity contribution is 7.86. The average Bonchev–Trinajstić information content (AvgIpc) is 3.43. The number of amides is 2. The normalized spacial score (nSPS) is 17.5. The molecule has 3 N–H and O–H groups in total. The number of hydrogen-bond donors (Lipinski definition) is 2. The number of hydrogen-bond acceptors (Lipinski definition) is 12. The molecule has 0 radical (unpaired) electrons. The summed E-state index contributed by atoms with van der Waals surface area (Å²) < 4.78 is 86.0. The Hall–Kier alpha value is -4.14. The van der Waals surface area contributed by atoms with Crippen LogP contribution < -0.4 is 20.6 Å². The molecule has 1 fully saturated rings. The van der Waals surface area contributed by atoms with E-state index in [9.17, 15) is 27.6 Å². The zero-order chi connectivity index (χ0) is 43.4. The van der Waals surface area contributed by atoms with Crippen molar-refractivity contribution >= 4 is 28.3 Å². The molecule has 0 saturated carbocycles. The third-order valence-corrected chi connectivity index (χ3v) is 9.05. The number of alkyl halides is 3. The lowest BCUT2D eigenvalue weighted by molar-refractivity contribution is -0.781. The molecule has 16 nitrogen and oxygen atoms in total. The maximum absolute atomic E-state index is 13.0. The largest absolute Gasteiger partial charge is 0.741 e. The van der Waals surface area contributed by atoms with Gasteiger partial charge in [-0.15, -0.1) is 4.68 Å². The van der Waals surface area contributed by atoms with Crippen LogP contribution in [0.2, 0.25) is 0 Å². The van der Waals surface area contributed by atoms with E-state index in [2.05, 4.69) is 33.1 Å². The Morgan fingerprint density at radius 1 is 0.947 bits per heavy atom. The van der Waals surface area contributed by atoms with Crippen molar-refractivity contribution < 1.29 is 69.0 Å². The van der Waals surface area contributed by atoms with Crippen LogP contribution in [0.15, 0.2) is 30.6 Å². The summed E-state index contributed by atoms with van der Waals surface area (Å²) in [5.74, 6) is 6.01. The predicted octanol–water partition coefficient (Wildman–Crippen LogP) is 4.96. The fourth-order valence-corrected chi connectivity index (χ4v) is 5.76. The summed E-state index contributed by atoms with van der Waals surface area (Å²) in [6, 6.07) is 6.03. The molecule has 1 aromatic heterocycles. The van der Waals surface area contributed by atoms with E-state index in [0.29, 0.717) is 51.2 Å². The first-order chi connectivity index (χ1) is 25.9. The molecule has 57 heavy (non-hydrogen) atoms. The molecule has 1 aromatic carbocycles. The van der Waals surface area contributed by atoms with Crippen LogP contribution in [0, 0.1) is 5.92 Å². The van der Waals surface area contributed by atoms with Gasteiger partial charge in [-0.05, 0) is 112 Å². The number of aryl methyl sites for hydroxylation is 2. The van der Waals surface area contributed by atoms with Crippen LogP contribution >= 0.6 is 0 Å². The Morgan fingerprint density at radius 2 is 1.53 bits per heavy atom. The number of alkyl carbamates (subject to hydrolysis) is 1. The molecular weight excluding hydrogens is 779 g/mol. The number of nitrogens with one attached hydrogen (secondary N) is 1. The summed E-state index contributed by atoms with van der Waals surface area (Å²) in [4.78, 5) is 44.6. The summed E-state index contributed by atoms with van der Waals surface area (Å²) in [5, 5.41) is 2.84. The molecule has 20 heteroatoms. The summed E-state index contributed by atoms with van der Waals surface area (Å²) in [7, 11) is -6.09. The third-order valence-electron chi connectivity index (χ3n) is 8.48. The van der Waals surface area contributed by atoms with Gasteiger partial charge < -0.3 is 33.7 Å². The van der Waals surface area contributed by atoms with E-state index in [1.54, 1.807) is 32.6 Å². The lowest BCUT2D eigenvalue weighted by atomic mass is 9.89. The van der Waals surface area contributed by atoms with E-state index in [-0.39, 0.29) is 12.0 Å². The summed E-state index contributed by atoms with van der Waals surface area (Å²) >= 11 is 0. The second-order valence-electron chi connectivity index (χ2n) is 17.1. The second kappa shape index (κ2) is 17.8. The number of ether oxygens (including phenoxy) is 4. The number of likely N-dealkylation sites (tertiary alicyclic amines) is 1. The van der Waals surface area contributed by atoms with Crippen molar-refractivity contribution in [3.63, 3.8) is 0 Å². The first-order valence-corrected chi connectivity index (χ1v) is 19.8. The fourth-order valence-electron chi connectivity index (χ4n) is 5.76. The molecule has 0 spiro atoms. The van der Waals surface area contributed by atoms with E-state index < -0.39 is 56.2 Å². The molecule has 2 aliphatic rings. The lowest BCUT2D eigenvalue weighted by Crippen LogP contribution is -2.58. The molecule has 0 unspecified atom stereocenters. The second-order valence-corrected chi connectivity index (χ2v) is 18.5. The maximum Gasteiger partial charge on any atom is 0.485 e. The summed E-state index contributed by atoms with van der Waals surface area (Å²) in [6.45, 7) is 21.2. The molecule has 0 bridgehead atoms. The van der Waals surface area contributed by atoms with Crippen LogP contribution in [0.3, 0.4) is 0 Å². The minimum Gasteiger partial charge on any atom is -0.741 e. The van der Waals surface area contributed by atoms with Gasteiger partial charge in [0.05, 0.1) is 24.2 Å².